The van der Waals surface area contributed by atoms with Crippen molar-refractivity contribution >= 4 is 5.97 Å². The smallest absolute Gasteiger partial charge is 0.371 e. The zero-order valence-corrected chi connectivity index (χ0v) is 7.44. The number of H-pyrrole nitrogens is 1. The van der Waals surface area contributed by atoms with Crippen molar-refractivity contribution in [2.75, 3.05) is 0 Å². The maximum atomic E-state index is 10.5. The number of imidazole rings is 1. The van der Waals surface area contributed by atoms with Gasteiger partial charge in [0.25, 0.3) is 0 Å². The van der Waals surface area contributed by atoms with Gasteiger partial charge in [-0.2, -0.15) is 0 Å². The Labute approximate surface area is 79.4 Å². The number of nitrogens with zero attached hydrogens (tertiary/aromatic N) is 1. The first-order valence-corrected chi connectivity index (χ1v) is 4.02. The Bertz CT molecular complexity index is 470. The molecule has 2 N–H and O–H groups in total. The number of aryl methyl sites for hydroxylation is 1. The summed E-state index contributed by atoms with van der Waals surface area (Å²) in [5.74, 6) is 0.0796. The number of carbonyl (C=O) groups is 1. The van der Waals surface area contributed by atoms with E-state index >= 15 is 0 Å². The predicted octanol–water partition coefficient (Wildman–Crippen LogP) is 1.68. The van der Waals surface area contributed by atoms with Crippen LogP contribution in [0, 0.1) is 6.92 Å². The second-order valence-corrected chi connectivity index (χ2v) is 2.85. The van der Waals surface area contributed by atoms with Crippen molar-refractivity contribution in [1.29, 1.82) is 0 Å². The molecule has 0 amide bonds. The van der Waals surface area contributed by atoms with Crippen LogP contribution in [-0.2, 0) is 0 Å². The van der Waals surface area contributed by atoms with Crippen molar-refractivity contribution in [2.45, 2.75) is 6.92 Å². The minimum Gasteiger partial charge on any atom is -0.475 e. The Morgan fingerprint density at radius 3 is 2.86 bits per heavy atom. The SMILES string of the molecule is Cc1ncc(-c2ccc(C(=O)O)o2)[nH]1. The molecule has 2 heterocycles. The lowest BCUT2D eigenvalue weighted by molar-refractivity contribution is 0.0663. The Morgan fingerprint density at radius 2 is 2.36 bits per heavy atom. The second-order valence-electron chi connectivity index (χ2n) is 2.85. The molecular formula is C9H8N2O3. The number of aromatic amines is 1. The summed E-state index contributed by atoms with van der Waals surface area (Å²) < 4.78 is 5.07. The number of carboxylic acid groups (broad SMARTS) is 1. The average Bonchev–Trinajstić information content (AvgIpc) is 2.70. The molecule has 5 nitrogen and oxygen atoms in total. The van der Waals surface area contributed by atoms with Crippen molar-refractivity contribution < 1.29 is 14.3 Å². The Morgan fingerprint density at radius 1 is 1.57 bits per heavy atom. The van der Waals surface area contributed by atoms with Crippen molar-refractivity contribution in [3.63, 3.8) is 0 Å². The maximum Gasteiger partial charge on any atom is 0.371 e. The lowest BCUT2D eigenvalue weighted by atomic mass is 10.3. The average molecular weight is 192 g/mol. The molecule has 0 bridgehead atoms. The van der Waals surface area contributed by atoms with Crippen molar-refractivity contribution in [3.8, 4) is 11.5 Å². The highest BCUT2D eigenvalue weighted by atomic mass is 16.4. The lowest BCUT2D eigenvalue weighted by Crippen LogP contribution is -1.91. The van der Waals surface area contributed by atoms with Gasteiger partial charge in [-0.25, -0.2) is 9.78 Å². The fourth-order valence-corrected chi connectivity index (χ4v) is 1.14. The van der Waals surface area contributed by atoms with Crippen LogP contribution in [0.15, 0.2) is 22.7 Å². The molecule has 0 aliphatic heterocycles. The molecule has 2 aromatic heterocycles. The van der Waals surface area contributed by atoms with Crippen molar-refractivity contribution in [2.24, 2.45) is 0 Å². The molecule has 5 heteroatoms. The number of aromatic nitrogens is 2. The summed E-state index contributed by atoms with van der Waals surface area (Å²) in [5, 5.41) is 8.63. The zero-order chi connectivity index (χ0) is 10.1. The first kappa shape index (κ1) is 8.55. The maximum absolute atomic E-state index is 10.5. The number of hydrogen-bond acceptors (Lipinski definition) is 3. The van der Waals surface area contributed by atoms with Gasteiger partial charge in [-0.3, -0.25) is 0 Å². The fraction of sp³-hybridized carbons (Fsp3) is 0.111. The molecule has 0 saturated carbocycles. The van der Waals surface area contributed by atoms with E-state index in [1.54, 1.807) is 12.3 Å². The van der Waals surface area contributed by atoms with Gasteiger partial charge in [0.1, 0.15) is 11.5 Å². The molecule has 0 aromatic carbocycles. The van der Waals surface area contributed by atoms with E-state index in [4.69, 9.17) is 9.52 Å². The molecule has 0 aliphatic rings. The molecule has 2 rings (SSSR count). The topological polar surface area (TPSA) is 79.1 Å². The Hall–Kier alpha value is -2.04. The molecular weight excluding hydrogens is 184 g/mol. The highest BCUT2D eigenvalue weighted by molar-refractivity contribution is 5.85. The first-order valence-electron chi connectivity index (χ1n) is 4.02. The van der Waals surface area contributed by atoms with E-state index < -0.39 is 5.97 Å². The van der Waals surface area contributed by atoms with Crippen LogP contribution >= 0.6 is 0 Å². The Balaban J connectivity index is 2.38. The molecule has 0 spiro atoms. The van der Waals surface area contributed by atoms with E-state index in [1.165, 1.54) is 6.07 Å². The molecule has 0 aliphatic carbocycles. The number of carboxylic acids is 1. The van der Waals surface area contributed by atoms with E-state index in [1.807, 2.05) is 6.92 Å². The van der Waals surface area contributed by atoms with Crippen LogP contribution in [0.5, 0.6) is 0 Å². The van der Waals surface area contributed by atoms with E-state index in [9.17, 15) is 4.79 Å². The second kappa shape index (κ2) is 3.02. The normalized spacial score (nSPS) is 10.4. The third kappa shape index (κ3) is 1.39. The predicted molar refractivity (Wildman–Crippen MR) is 48.0 cm³/mol. The molecule has 0 atom stereocenters. The summed E-state index contributed by atoms with van der Waals surface area (Å²) in [6, 6.07) is 3.00. The minimum atomic E-state index is -1.08. The van der Waals surface area contributed by atoms with Gasteiger partial charge in [0.2, 0.25) is 5.76 Å². The molecule has 2 aromatic rings. The van der Waals surface area contributed by atoms with Gasteiger partial charge in [0, 0.05) is 0 Å². The monoisotopic (exact) mass is 192 g/mol. The van der Waals surface area contributed by atoms with Gasteiger partial charge in [-0.15, -0.1) is 0 Å². The Kier molecular flexibility index (Phi) is 1.85. The molecule has 14 heavy (non-hydrogen) atoms. The molecule has 72 valence electrons. The summed E-state index contributed by atoms with van der Waals surface area (Å²) in [5.41, 5.74) is 0.676. The van der Waals surface area contributed by atoms with Crippen molar-refractivity contribution in [1.82, 2.24) is 9.97 Å². The number of nitrogens with one attached hydrogen (secondary N) is 1. The van der Waals surface area contributed by atoms with Crippen LogP contribution in [0.1, 0.15) is 16.4 Å². The zero-order valence-electron chi connectivity index (χ0n) is 7.44. The number of furan rings is 1. The highest BCUT2D eigenvalue weighted by Crippen LogP contribution is 2.19. The summed E-state index contributed by atoms with van der Waals surface area (Å²) in [4.78, 5) is 17.5. The van der Waals surface area contributed by atoms with Gasteiger partial charge >= 0.3 is 5.97 Å². The van der Waals surface area contributed by atoms with Gasteiger partial charge in [0.05, 0.1) is 6.20 Å². The molecule has 0 radical (unpaired) electrons. The quantitative estimate of drug-likeness (QED) is 0.758. The van der Waals surface area contributed by atoms with Gasteiger partial charge in [-0.1, -0.05) is 0 Å². The van der Waals surface area contributed by atoms with E-state index in [0.717, 1.165) is 5.82 Å². The van der Waals surface area contributed by atoms with Gasteiger partial charge < -0.3 is 14.5 Å². The summed E-state index contributed by atoms with van der Waals surface area (Å²) >= 11 is 0. The van der Waals surface area contributed by atoms with E-state index in [-0.39, 0.29) is 5.76 Å². The largest absolute Gasteiger partial charge is 0.475 e. The minimum absolute atomic E-state index is 0.0766. The fourth-order valence-electron chi connectivity index (χ4n) is 1.14. The highest BCUT2D eigenvalue weighted by Gasteiger charge is 2.11. The first-order chi connectivity index (χ1) is 6.66. The molecule has 0 unspecified atom stereocenters. The van der Waals surface area contributed by atoms with Crippen LogP contribution in [0.3, 0.4) is 0 Å². The number of aromatic carboxylic acids is 1. The molecule has 0 saturated heterocycles. The third-order valence-electron chi connectivity index (χ3n) is 1.79. The number of rotatable bonds is 2. The van der Waals surface area contributed by atoms with Crippen LogP contribution in [0.4, 0.5) is 0 Å². The van der Waals surface area contributed by atoms with Crippen molar-refractivity contribution in [3.05, 3.63) is 29.9 Å². The summed E-state index contributed by atoms with van der Waals surface area (Å²) in [7, 11) is 0. The standard InChI is InChI=1S/C9H8N2O3/c1-5-10-4-6(11-5)7-2-3-8(14-7)9(12)13/h2-4H,1H3,(H,10,11)(H,12,13). The van der Waals surface area contributed by atoms with E-state index in [0.29, 0.717) is 11.5 Å². The van der Waals surface area contributed by atoms with Crippen LogP contribution in [0.25, 0.3) is 11.5 Å². The van der Waals surface area contributed by atoms with Gasteiger partial charge in [0.15, 0.2) is 5.76 Å². The van der Waals surface area contributed by atoms with Crippen LogP contribution < -0.4 is 0 Å². The summed E-state index contributed by atoms with van der Waals surface area (Å²) in [6.45, 7) is 1.81. The lowest BCUT2D eigenvalue weighted by Gasteiger charge is -1.89. The summed E-state index contributed by atoms with van der Waals surface area (Å²) in [6.07, 6.45) is 1.60. The third-order valence-corrected chi connectivity index (χ3v) is 1.79. The van der Waals surface area contributed by atoms with Crippen LogP contribution in [-0.4, -0.2) is 21.0 Å². The van der Waals surface area contributed by atoms with E-state index in [2.05, 4.69) is 9.97 Å². The van der Waals surface area contributed by atoms with Gasteiger partial charge in [-0.05, 0) is 19.1 Å². The number of hydrogen-bond donors (Lipinski definition) is 2. The van der Waals surface area contributed by atoms with Crippen LogP contribution in [0.2, 0.25) is 0 Å². The molecule has 0 fully saturated rings.